The Morgan fingerprint density at radius 1 is 1.30 bits per heavy atom. The van der Waals surface area contributed by atoms with Crippen LogP contribution >= 0.6 is 0 Å². The second-order valence-corrected chi connectivity index (χ2v) is 5.02. The quantitative estimate of drug-likeness (QED) is 0.634. The minimum absolute atomic E-state index is 0.107. The molecule has 5 nitrogen and oxygen atoms in total. The molecule has 1 aromatic carbocycles. The summed E-state index contributed by atoms with van der Waals surface area (Å²) in [5.41, 5.74) is 5.21. The van der Waals surface area contributed by atoms with Crippen LogP contribution in [0.15, 0.2) is 24.3 Å². The maximum atomic E-state index is 12.3. The molecule has 0 unspecified atom stereocenters. The topological polar surface area (TPSA) is 78.6 Å². The van der Waals surface area contributed by atoms with Crippen molar-refractivity contribution in [1.29, 1.82) is 0 Å². The van der Waals surface area contributed by atoms with E-state index in [0.29, 0.717) is 11.3 Å². The molecule has 1 atom stereocenters. The van der Waals surface area contributed by atoms with E-state index in [0.717, 1.165) is 0 Å². The number of benzene rings is 1. The Morgan fingerprint density at radius 3 is 2.45 bits per heavy atom. The van der Waals surface area contributed by atoms with Crippen molar-refractivity contribution >= 4 is 11.8 Å². The zero-order chi connectivity index (χ0) is 15.3. The van der Waals surface area contributed by atoms with Gasteiger partial charge in [-0.25, -0.2) is 0 Å². The van der Waals surface area contributed by atoms with Gasteiger partial charge in [-0.05, 0) is 18.1 Å². The lowest BCUT2D eigenvalue weighted by atomic mass is 9.81. The van der Waals surface area contributed by atoms with Gasteiger partial charge in [-0.3, -0.25) is 9.59 Å². The van der Waals surface area contributed by atoms with Crippen molar-refractivity contribution in [2.24, 2.45) is 11.7 Å². The second-order valence-electron chi connectivity index (χ2n) is 5.02. The molecule has 0 spiro atoms. The molecule has 0 aliphatic heterocycles. The van der Waals surface area contributed by atoms with Crippen molar-refractivity contribution in [3.05, 3.63) is 29.8 Å². The van der Waals surface area contributed by atoms with Crippen LogP contribution < -0.4 is 10.5 Å². The number of ketones is 1. The van der Waals surface area contributed by atoms with Crippen LogP contribution in [-0.4, -0.2) is 31.5 Å². The number of esters is 1. The Hall–Kier alpha value is -1.88. The van der Waals surface area contributed by atoms with E-state index in [1.54, 1.807) is 38.1 Å². The Balaban J connectivity index is 2.99. The van der Waals surface area contributed by atoms with Crippen LogP contribution in [0.4, 0.5) is 0 Å². The van der Waals surface area contributed by atoms with Crippen molar-refractivity contribution in [1.82, 2.24) is 0 Å². The highest BCUT2D eigenvalue weighted by Gasteiger charge is 2.40. The van der Waals surface area contributed by atoms with Gasteiger partial charge in [-0.15, -0.1) is 0 Å². The third kappa shape index (κ3) is 3.36. The van der Waals surface area contributed by atoms with E-state index in [9.17, 15) is 9.59 Å². The van der Waals surface area contributed by atoms with Gasteiger partial charge in [0.25, 0.3) is 0 Å². The number of carbonyl (C=O) groups excluding carboxylic acids is 2. The van der Waals surface area contributed by atoms with Gasteiger partial charge in [0, 0.05) is 12.0 Å². The molecule has 0 aromatic heterocycles. The van der Waals surface area contributed by atoms with E-state index in [-0.39, 0.29) is 18.1 Å². The summed E-state index contributed by atoms with van der Waals surface area (Å²) in [7, 11) is 2.79. The molecule has 0 fully saturated rings. The highest BCUT2D eigenvalue weighted by Crippen LogP contribution is 2.23. The van der Waals surface area contributed by atoms with Crippen LogP contribution in [0.25, 0.3) is 0 Å². The van der Waals surface area contributed by atoms with Crippen LogP contribution in [0.3, 0.4) is 0 Å². The summed E-state index contributed by atoms with van der Waals surface area (Å²) in [6.07, 6.45) is -0.107. The van der Waals surface area contributed by atoms with Gasteiger partial charge < -0.3 is 15.2 Å². The molecule has 5 heteroatoms. The van der Waals surface area contributed by atoms with Gasteiger partial charge in [0.15, 0.2) is 5.78 Å². The molecule has 0 saturated heterocycles. The number of nitrogens with two attached hydrogens (primary N) is 1. The van der Waals surface area contributed by atoms with E-state index < -0.39 is 11.5 Å². The standard InChI is InChI=1S/C15H21NO4/c1-10(2)15(16,14(18)20-4)9-13(17)11-6-5-7-12(8-11)19-3/h5-8,10H,9,16H2,1-4H3/t15-/m1/s1. The molecule has 0 aliphatic rings. The van der Waals surface area contributed by atoms with Crippen LogP contribution in [-0.2, 0) is 9.53 Å². The first kappa shape index (κ1) is 16.2. The highest BCUT2D eigenvalue weighted by atomic mass is 16.5. The molecule has 20 heavy (non-hydrogen) atoms. The van der Waals surface area contributed by atoms with Crippen molar-refractivity contribution in [2.75, 3.05) is 14.2 Å². The molecule has 110 valence electrons. The summed E-state index contributed by atoms with van der Waals surface area (Å²) < 4.78 is 9.79. The number of carbonyl (C=O) groups is 2. The average molecular weight is 279 g/mol. The van der Waals surface area contributed by atoms with Crippen molar-refractivity contribution in [3.8, 4) is 5.75 Å². The Kier molecular flexibility index (Phi) is 5.27. The van der Waals surface area contributed by atoms with Crippen molar-refractivity contribution in [3.63, 3.8) is 0 Å². The third-order valence-corrected chi connectivity index (χ3v) is 3.44. The molecular formula is C15H21NO4. The number of hydrogen-bond acceptors (Lipinski definition) is 5. The first-order valence-electron chi connectivity index (χ1n) is 6.39. The summed E-state index contributed by atoms with van der Waals surface area (Å²) in [5.74, 6) is -0.431. The maximum Gasteiger partial charge on any atom is 0.326 e. The molecule has 0 saturated carbocycles. The largest absolute Gasteiger partial charge is 0.497 e. The van der Waals surface area contributed by atoms with Gasteiger partial charge in [-0.2, -0.15) is 0 Å². The Bertz CT molecular complexity index is 498. The zero-order valence-electron chi connectivity index (χ0n) is 12.3. The first-order chi connectivity index (χ1) is 9.35. The fraction of sp³-hybridized carbons (Fsp3) is 0.467. The highest BCUT2D eigenvalue weighted by molar-refractivity contribution is 6.00. The minimum atomic E-state index is -1.32. The molecular weight excluding hydrogens is 258 g/mol. The van der Waals surface area contributed by atoms with E-state index in [1.807, 2.05) is 0 Å². The molecule has 0 amide bonds. The van der Waals surface area contributed by atoms with Crippen molar-refractivity contribution in [2.45, 2.75) is 25.8 Å². The fourth-order valence-corrected chi connectivity index (χ4v) is 1.87. The van der Waals surface area contributed by atoms with E-state index in [2.05, 4.69) is 0 Å². The lowest BCUT2D eigenvalue weighted by molar-refractivity contribution is -0.148. The first-order valence-corrected chi connectivity index (χ1v) is 6.39. The predicted octanol–water partition coefficient (Wildman–Crippen LogP) is 1.79. The van der Waals surface area contributed by atoms with E-state index >= 15 is 0 Å². The normalized spacial score (nSPS) is 13.7. The molecule has 0 bridgehead atoms. The fourth-order valence-electron chi connectivity index (χ4n) is 1.87. The summed E-state index contributed by atoms with van der Waals surface area (Å²) in [6.45, 7) is 3.57. The minimum Gasteiger partial charge on any atom is -0.497 e. The van der Waals surface area contributed by atoms with Gasteiger partial charge in [-0.1, -0.05) is 26.0 Å². The number of Topliss-reactive ketones (excluding diaryl/α,β-unsaturated/α-hetero) is 1. The molecule has 1 rings (SSSR count). The molecule has 0 heterocycles. The summed E-state index contributed by atoms with van der Waals surface area (Å²) in [5, 5.41) is 0. The summed E-state index contributed by atoms with van der Waals surface area (Å²) >= 11 is 0. The molecule has 0 radical (unpaired) electrons. The van der Waals surface area contributed by atoms with E-state index in [1.165, 1.54) is 14.2 Å². The average Bonchev–Trinajstić information content (AvgIpc) is 2.45. The Morgan fingerprint density at radius 2 is 1.95 bits per heavy atom. The van der Waals surface area contributed by atoms with Crippen molar-refractivity contribution < 1.29 is 19.1 Å². The zero-order valence-corrected chi connectivity index (χ0v) is 12.3. The maximum absolute atomic E-state index is 12.3. The Labute approximate surface area is 119 Å². The SMILES string of the molecule is COC(=O)[C@@](N)(CC(=O)c1cccc(OC)c1)C(C)C. The number of ether oxygens (including phenoxy) is 2. The second kappa shape index (κ2) is 6.52. The summed E-state index contributed by atoms with van der Waals surface area (Å²) in [6, 6.07) is 6.76. The van der Waals surface area contributed by atoms with Crippen LogP contribution in [0.1, 0.15) is 30.6 Å². The lowest BCUT2D eigenvalue weighted by Gasteiger charge is -2.29. The van der Waals surface area contributed by atoms with Crippen LogP contribution in [0.2, 0.25) is 0 Å². The number of rotatable bonds is 6. The molecule has 1 aromatic rings. The van der Waals surface area contributed by atoms with E-state index in [4.69, 9.17) is 15.2 Å². The third-order valence-electron chi connectivity index (χ3n) is 3.44. The molecule has 2 N–H and O–H groups in total. The molecule has 0 aliphatic carbocycles. The summed E-state index contributed by atoms with van der Waals surface area (Å²) in [4.78, 5) is 24.2. The predicted molar refractivity (Wildman–Crippen MR) is 75.7 cm³/mol. The van der Waals surface area contributed by atoms with Crippen LogP contribution in [0.5, 0.6) is 5.75 Å². The van der Waals surface area contributed by atoms with Crippen LogP contribution in [0, 0.1) is 5.92 Å². The smallest absolute Gasteiger partial charge is 0.326 e. The van der Waals surface area contributed by atoms with Gasteiger partial charge >= 0.3 is 5.97 Å². The van der Waals surface area contributed by atoms with Gasteiger partial charge in [0.2, 0.25) is 0 Å². The number of methoxy groups -OCH3 is 2. The van der Waals surface area contributed by atoms with Gasteiger partial charge in [0.05, 0.1) is 14.2 Å². The van der Waals surface area contributed by atoms with Gasteiger partial charge in [0.1, 0.15) is 11.3 Å². The number of hydrogen-bond donors (Lipinski definition) is 1. The lowest BCUT2D eigenvalue weighted by Crippen LogP contribution is -2.54. The monoisotopic (exact) mass is 279 g/mol.